The van der Waals surface area contributed by atoms with Crippen LogP contribution in [0.5, 0.6) is 0 Å². The molecule has 0 saturated heterocycles. The number of para-hydroxylation sites is 1. The number of hydrogen-bond acceptors (Lipinski definition) is 4. The van der Waals surface area contributed by atoms with Gasteiger partial charge in [-0.15, -0.1) is 0 Å². The van der Waals surface area contributed by atoms with Gasteiger partial charge in [0.15, 0.2) is 0 Å². The van der Waals surface area contributed by atoms with E-state index in [2.05, 4.69) is 21.2 Å². The number of ether oxygens (including phenoxy) is 1. The Morgan fingerprint density at radius 2 is 1.85 bits per heavy atom. The Kier molecular flexibility index (Phi) is 5.49. The van der Waals surface area contributed by atoms with Crippen LogP contribution in [0.1, 0.15) is 32.7 Å². The number of fused-ring (bicyclic) bond motifs is 1. The molecule has 0 unspecified atom stereocenters. The molecule has 6 nitrogen and oxygen atoms in total. The molecule has 0 aromatic heterocycles. The van der Waals surface area contributed by atoms with Gasteiger partial charge in [0.05, 0.1) is 17.7 Å². The van der Waals surface area contributed by atoms with Gasteiger partial charge in [-0.3, -0.25) is 19.3 Å². The van der Waals surface area contributed by atoms with Gasteiger partial charge in [0.25, 0.3) is 11.8 Å². The van der Waals surface area contributed by atoms with E-state index in [1.54, 1.807) is 31.4 Å². The van der Waals surface area contributed by atoms with E-state index >= 15 is 0 Å². The summed E-state index contributed by atoms with van der Waals surface area (Å²) >= 11 is 3.29. The average molecular weight is 417 g/mol. The highest BCUT2D eigenvalue weighted by molar-refractivity contribution is 9.10. The molecule has 3 amide bonds. The van der Waals surface area contributed by atoms with Crippen molar-refractivity contribution in [3.8, 4) is 0 Å². The quantitative estimate of drug-likeness (QED) is 0.733. The van der Waals surface area contributed by atoms with Crippen molar-refractivity contribution < 1.29 is 19.1 Å². The molecule has 0 spiro atoms. The van der Waals surface area contributed by atoms with Crippen molar-refractivity contribution in [2.24, 2.45) is 0 Å². The van der Waals surface area contributed by atoms with Gasteiger partial charge in [-0.2, -0.15) is 0 Å². The number of rotatable bonds is 6. The highest BCUT2D eigenvalue weighted by atomic mass is 79.9. The molecule has 2 aromatic rings. The zero-order valence-corrected chi connectivity index (χ0v) is 15.7. The van der Waals surface area contributed by atoms with Gasteiger partial charge in [-0.05, 0) is 24.3 Å². The molecule has 7 heteroatoms. The van der Waals surface area contributed by atoms with Crippen molar-refractivity contribution in [3.05, 3.63) is 63.6 Å². The van der Waals surface area contributed by atoms with Crippen molar-refractivity contribution in [2.75, 3.05) is 19.0 Å². The van der Waals surface area contributed by atoms with Crippen LogP contribution in [-0.4, -0.2) is 36.3 Å². The number of amides is 3. The molecule has 0 radical (unpaired) electrons. The lowest BCUT2D eigenvalue weighted by atomic mass is 10.1. The third-order valence-electron chi connectivity index (χ3n) is 4.09. The van der Waals surface area contributed by atoms with Crippen molar-refractivity contribution in [3.63, 3.8) is 0 Å². The summed E-state index contributed by atoms with van der Waals surface area (Å²) in [6.45, 7) is 0.409. The van der Waals surface area contributed by atoms with Crippen LogP contribution in [0, 0.1) is 0 Å². The smallest absolute Gasteiger partial charge is 0.261 e. The van der Waals surface area contributed by atoms with Crippen molar-refractivity contribution >= 4 is 39.3 Å². The number of anilines is 1. The van der Waals surface area contributed by atoms with E-state index in [1.165, 1.54) is 0 Å². The molecule has 1 N–H and O–H groups in total. The predicted octanol–water partition coefficient (Wildman–Crippen LogP) is 3.22. The van der Waals surface area contributed by atoms with Gasteiger partial charge in [-0.1, -0.05) is 34.1 Å². The van der Waals surface area contributed by atoms with E-state index in [1.807, 2.05) is 18.2 Å². The van der Waals surface area contributed by atoms with Gasteiger partial charge in [-0.25, -0.2) is 0 Å². The number of carbonyl (C=O) groups excluding carboxylic acids is 3. The van der Waals surface area contributed by atoms with Crippen LogP contribution in [0.25, 0.3) is 0 Å². The third kappa shape index (κ3) is 3.68. The fraction of sp³-hybridized carbons (Fsp3) is 0.211. The summed E-state index contributed by atoms with van der Waals surface area (Å²) in [5.41, 5.74) is 2.24. The van der Waals surface area contributed by atoms with E-state index in [0.29, 0.717) is 23.4 Å². The topological polar surface area (TPSA) is 75.7 Å². The summed E-state index contributed by atoms with van der Waals surface area (Å²) in [4.78, 5) is 38.1. The molecule has 134 valence electrons. The van der Waals surface area contributed by atoms with E-state index in [9.17, 15) is 14.4 Å². The minimum absolute atomic E-state index is 0.0218. The number of benzene rings is 2. The molecule has 1 aliphatic heterocycles. The molecule has 1 aliphatic rings. The Morgan fingerprint density at radius 1 is 1.12 bits per heavy atom. The second-order valence-electron chi connectivity index (χ2n) is 5.84. The van der Waals surface area contributed by atoms with Gasteiger partial charge in [0, 0.05) is 35.8 Å². The highest BCUT2D eigenvalue weighted by Gasteiger charge is 2.35. The molecule has 1 heterocycles. The lowest BCUT2D eigenvalue weighted by molar-refractivity contribution is -0.116. The van der Waals surface area contributed by atoms with E-state index < -0.39 is 0 Å². The molecule has 0 bridgehead atoms. The first-order valence-corrected chi connectivity index (χ1v) is 8.83. The molecule has 0 saturated carbocycles. The fourth-order valence-corrected chi connectivity index (χ4v) is 3.18. The molecular formula is C19H17BrN2O4. The summed E-state index contributed by atoms with van der Waals surface area (Å²) < 4.78 is 5.84. The molecule has 0 fully saturated rings. The Labute approximate surface area is 159 Å². The summed E-state index contributed by atoms with van der Waals surface area (Å²) in [5.74, 6) is -1.02. The van der Waals surface area contributed by atoms with Gasteiger partial charge >= 0.3 is 0 Å². The maximum Gasteiger partial charge on any atom is 0.261 e. The van der Waals surface area contributed by atoms with Crippen molar-refractivity contribution in [1.29, 1.82) is 0 Å². The van der Waals surface area contributed by atoms with E-state index in [-0.39, 0.29) is 30.7 Å². The van der Waals surface area contributed by atoms with Gasteiger partial charge in [0.1, 0.15) is 0 Å². The maximum atomic E-state index is 12.4. The van der Waals surface area contributed by atoms with Crippen LogP contribution >= 0.6 is 15.9 Å². The second kappa shape index (κ2) is 7.80. The Bertz CT molecular complexity index is 882. The molecule has 3 rings (SSSR count). The minimum Gasteiger partial charge on any atom is -0.380 e. The zero-order valence-electron chi connectivity index (χ0n) is 14.1. The average Bonchev–Trinajstić information content (AvgIpc) is 2.85. The Hall–Kier alpha value is -2.51. The number of imide groups is 1. The number of halogens is 1. The highest BCUT2D eigenvalue weighted by Crippen LogP contribution is 2.26. The molecule has 2 aromatic carbocycles. The SMILES string of the molecule is COCc1ccccc1NC(=O)CCN1C(=O)c2ccc(Br)cc2C1=O. The molecule has 26 heavy (non-hydrogen) atoms. The van der Waals surface area contributed by atoms with Crippen molar-refractivity contribution in [1.82, 2.24) is 4.90 Å². The summed E-state index contributed by atoms with van der Waals surface area (Å²) in [5, 5.41) is 2.80. The van der Waals surface area contributed by atoms with E-state index in [0.717, 1.165) is 14.9 Å². The number of hydrogen-bond donors (Lipinski definition) is 1. The number of nitrogens with zero attached hydrogens (tertiary/aromatic N) is 1. The largest absolute Gasteiger partial charge is 0.380 e. The van der Waals surface area contributed by atoms with Crippen LogP contribution in [0.15, 0.2) is 46.9 Å². The summed E-state index contributed by atoms with van der Waals surface area (Å²) in [6, 6.07) is 12.3. The first-order valence-electron chi connectivity index (χ1n) is 8.03. The molecule has 0 atom stereocenters. The van der Waals surface area contributed by atoms with Crippen LogP contribution in [-0.2, 0) is 16.1 Å². The van der Waals surface area contributed by atoms with Gasteiger partial charge < -0.3 is 10.1 Å². The lowest BCUT2D eigenvalue weighted by Crippen LogP contribution is -2.33. The summed E-state index contributed by atoms with van der Waals surface area (Å²) in [6.07, 6.45) is 0.0218. The standard InChI is InChI=1S/C19H17BrN2O4/c1-26-11-12-4-2-3-5-16(12)21-17(23)8-9-22-18(24)14-7-6-13(20)10-15(14)19(22)25/h2-7,10H,8-9,11H2,1H3,(H,21,23). The normalized spacial score (nSPS) is 13.1. The zero-order chi connectivity index (χ0) is 18.7. The molecular weight excluding hydrogens is 400 g/mol. The first-order chi connectivity index (χ1) is 12.5. The third-order valence-corrected chi connectivity index (χ3v) is 4.58. The van der Waals surface area contributed by atoms with Crippen LogP contribution in [0.4, 0.5) is 5.69 Å². The summed E-state index contributed by atoms with van der Waals surface area (Å²) in [7, 11) is 1.58. The van der Waals surface area contributed by atoms with Crippen molar-refractivity contribution in [2.45, 2.75) is 13.0 Å². The monoisotopic (exact) mass is 416 g/mol. The minimum atomic E-state index is -0.376. The Balaban J connectivity index is 1.64. The number of methoxy groups -OCH3 is 1. The second-order valence-corrected chi connectivity index (χ2v) is 6.76. The maximum absolute atomic E-state index is 12.4. The Morgan fingerprint density at radius 3 is 2.62 bits per heavy atom. The predicted molar refractivity (Wildman–Crippen MR) is 99.9 cm³/mol. The van der Waals surface area contributed by atoms with Crippen LogP contribution in [0.2, 0.25) is 0 Å². The fourth-order valence-electron chi connectivity index (χ4n) is 2.82. The molecule has 0 aliphatic carbocycles. The van der Waals surface area contributed by atoms with Crippen LogP contribution < -0.4 is 5.32 Å². The van der Waals surface area contributed by atoms with Crippen LogP contribution in [0.3, 0.4) is 0 Å². The first kappa shape index (κ1) is 18.3. The van der Waals surface area contributed by atoms with E-state index in [4.69, 9.17) is 4.74 Å². The lowest BCUT2D eigenvalue weighted by Gasteiger charge is -2.14. The number of nitrogens with one attached hydrogen (secondary N) is 1. The number of carbonyl (C=O) groups is 3. The van der Waals surface area contributed by atoms with Gasteiger partial charge in [0.2, 0.25) is 5.91 Å².